The van der Waals surface area contributed by atoms with Gasteiger partial charge in [-0.3, -0.25) is 4.79 Å². The fourth-order valence-electron chi connectivity index (χ4n) is 2.32. The SMILES string of the molecule is COc1ccc(OC)c(NC(=O)c2ccc(-c3ccc(Cl)cc3)o2)c1. The van der Waals surface area contributed by atoms with Crippen molar-refractivity contribution in [1.82, 2.24) is 0 Å². The van der Waals surface area contributed by atoms with E-state index in [0.29, 0.717) is 28.0 Å². The summed E-state index contributed by atoms with van der Waals surface area (Å²) in [4.78, 5) is 12.5. The molecule has 0 unspecified atom stereocenters. The van der Waals surface area contributed by atoms with E-state index in [4.69, 9.17) is 25.5 Å². The molecule has 0 saturated carbocycles. The van der Waals surface area contributed by atoms with Gasteiger partial charge in [0.15, 0.2) is 5.76 Å². The van der Waals surface area contributed by atoms with Crippen LogP contribution in [0.2, 0.25) is 5.02 Å². The molecule has 0 saturated heterocycles. The highest BCUT2D eigenvalue weighted by molar-refractivity contribution is 6.30. The van der Waals surface area contributed by atoms with Crippen LogP contribution < -0.4 is 14.8 Å². The summed E-state index contributed by atoms with van der Waals surface area (Å²) in [7, 11) is 3.08. The smallest absolute Gasteiger partial charge is 0.291 e. The molecule has 5 nitrogen and oxygen atoms in total. The van der Waals surface area contributed by atoms with Gasteiger partial charge in [0.2, 0.25) is 0 Å². The fraction of sp³-hybridized carbons (Fsp3) is 0.105. The molecule has 6 heteroatoms. The number of rotatable bonds is 5. The average Bonchev–Trinajstić information content (AvgIpc) is 3.12. The number of carbonyl (C=O) groups excluding carboxylic acids is 1. The number of furan rings is 1. The second-order valence-electron chi connectivity index (χ2n) is 5.19. The molecular weight excluding hydrogens is 342 g/mol. The van der Waals surface area contributed by atoms with Gasteiger partial charge in [0, 0.05) is 16.7 Å². The molecule has 0 spiro atoms. The Balaban J connectivity index is 1.81. The van der Waals surface area contributed by atoms with Gasteiger partial charge in [-0.25, -0.2) is 0 Å². The topological polar surface area (TPSA) is 60.7 Å². The Morgan fingerprint density at radius 1 is 1.00 bits per heavy atom. The standard InChI is InChI=1S/C19H16ClNO4/c1-23-14-7-8-17(24-2)15(11-14)21-19(22)18-10-9-16(25-18)12-3-5-13(20)6-4-12/h3-11H,1-2H3,(H,21,22). The van der Waals surface area contributed by atoms with Crippen LogP contribution in [0.15, 0.2) is 59.0 Å². The van der Waals surface area contributed by atoms with Gasteiger partial charge in [0.05, 0.1) is 19.9 Å². The first-order valence-corrected chi connectivity index (χ1v) is 7.87. The molecule has 1 aromatic heterocycles. The second-order valence-corrected chi connectivity index (χ2v) is 5.63. The highest BCUT2D eigenvalue weighted by Crippen LogP contribution is 2.30. The Hall–Kier alpha value is -2.92. The summed E-state index contributed by atoms with van der Waals surface area (Å²) in [5.74, 6) is 1.53. The van der Waals surface area contributed by atoms with E-state index in [0.717, 1.165) is 5.56 Å². The summed E-state index contributed by atoms with van der Waals surface area (Å²) in [6.07, 6.45) is 0. The van der Waals surface area contributed by atoms with Crippen molar-refractivity contribution < 1.29 is 18.7 Å². The molecular formula is C19H16ClNO4. The number of hydrogen-bond acceptors (Lipinski definition) is 4. The lowest BCUT2D eigenvalue weighted by atomic mass is 10.2. The van der Waals surface area contributed by atoms with E-state index in [-0.39, 0.29) is 11.7 Å². The molecule has 3 aromatic rings. The monoisotopic (exact) mass is 357 g/mol. The van der Waals surface area contributed by atoms with Crippen LogP contribution in [-0.2, 0) is 0 Å². The molecule has 0 aliphatic rings. The van der Waals surface area contributed by atoms with Gasteiger partial charge in [-0.15, -0.1) is 0 Å². The van der Waals surface area contributed by atoms with Gasteiger partial charge in [-0.1, -0.05) is 11.6 Å². The van der Waals surface area contributed by atoms with E-state index in [2.05, 4.69) is 5.32 Å². The number of carbonyl (C=O) groups is 1. The van der Waals surface area contributed by atoms with E-state index >= 15 is 0 Å². The van der Waals surface area contributed by atoms with E-state index in [1.54, 1.807) is 49.6 Å². The average molecular weight is 358 g/mol. The van der Waals surface area contributed by atoms with Crippen LogP contribution in [0.4, 0.5) is 5.69 Å². The Morgan fingerprint density at radius 3 is 2.44 bits per heavy atom. The maximum atomic E-state index is 12.5. The van der Waals surface area contributed by atoms with Crippen LogP contribution >= 0.6 is 11.6 Å². The maximum absolute atomic E-state index is 12.5. The normalized spacial score (nSPS) is 10.4. The Kier molecular flexibility index (Phi) is 4.95. The maximum Gasteiger partial charge on any atom is 0.291 e. The quantitative estimate of drug-likeness (QED) is 0.707. The minimum absolute atomic E-state index is 0.190. The lowest BCUT2D eigenvalue weighted by Crippen LogP contribution is -2.11. The molecule has 1 heterocycles. The third kappa shape index (κ3) is 3.78. The minimum Gasteiger partial charge on any atom is -0.497 e. The van der Waals surface area contributed by atoms with Crippen molar-refractivity contribution in [2.24, 2.45) is 0 Å². The highest BCUT2D eigenvalue weighted by atomic mass is 35.5. The molecule has 0 bridgehead atoms. The Labute approximate surface area is 150 Å². The molecule has 0 fully saturated rings. The van der Waals surface area contributed by atoms with E-state index in [9.17, 15) is 4.79 Å². The Bertz CT molecular complexity index is 887. The number of ether oxygens (including phenoxy) is 2. The molecule has 0 radical (unpaired) electrons. The summed E-state index contributed by atoms with van der Waals surface area (Å²) >= 11 is 5.88. The number of amides is 1. The number of nitrogens with one attached hydrogen (secondary N) is 1. The molecule has 1 N–H and O–H groups in total. The van der Waals surface area contributed by atoms with Crippen molar-refractivity contribution in [1.29, 1.82) is 0 Å². The number of methoxy groups -OCH3 is 2. The van der Waals surface area contributed by atoms with Crippen LogP contribution in [0.25, 0.3) is 11.3 Å². The first kappa shape index (κ1) is 16.9. The summed E-state index contributed by atoms with van der Waals surface area (Å²) in [5, 5.41) is 3.40. The number of hydrogen-bond donors (Lipinski definition) is 1. The molecule has 1 amide bonds. The molecule has 2 aromatic carbocycles. The number of benzene rings is 2. The van der Waals surface area contributed by atoms with E-state index in [1.165, 1.54) is 7.11 Å². The molecule has 0 atom stereocenters. The zero-order valence-electron chi connectivity index (χ0n) is 13.7. The van der Waals surface area contributed by atoms with Gasteiger partial charge < -0.3 is 19.2 Å². The highest BCUT2D eigenvalue weighted by Gasteiger charge is 2.15. The summed E-state index contributed by atoms with van der Waals surface area (Å²) in [5.41, 5.74) is 1.33. The minimum atomic E-state index is -0.383. The number of halogens is 1. The zero-order valence-corrected chi connectivity index (χ0v) is 14.5. The number of anilines is 1. The zero-order chi connectivity index (χ0) is 17.8. The van der Waals surface area contributed by atoms with Gasteiger partial charge in [-0.2, -0.15) is 0 Å². The Morgan fingerprint density at radius 2 is 1.76 bits per heavy atom. The first-order chi connectivity index (χ1) is 12.1. The summed E-state index contributed by atoms with van der Waals surface area (Å²) < 4.78 is 16.1. The van der Waals surface area contributed by atoms with Crippen LogP contribution in [0, 0.1) is 0 Å². The van der Waals surface area contributed by atoms with Gasteiger partial charge in [-0.05, 0) is 48.5 Å². The molecule has 25 heavy (non-hydrogen) atoms. The third-order valence-electron chi connectivity index (χ3n) is 3.61. The van der Waals surface area contributed by atoms with Crippen molar-refractivity contribution in [2.45, 2.75) is 0 Å². The lowest BCUT2D eigenvalue weighted by molar-refractivity contribution is 0.0997. The molecule has 3 rings (SSSR count). The van der Waals surface area contributed by atoms with Crippen molar-refractivity contribution in [3.8, 4) is 22.8 Å². The fourth-order valence-corrected chi connectivity index (χ4v) is 2.45. The van der Waals surface area contributed by atoms with Crippen molar-refractivity contribution in [2.75, 3.05) is 19.5 Å². The molecule has 0 aliphatic carbocycles. The summed E-state index contributed by atoms with van der Waals surface area (Å²) in [6.45, 7) is 0. The predicted molar refractivity (Wildman–Crippen MR) is 96.7 cm³/mol. The van der Waals surface area contributed by atoms with E-state index in [1.807, 2.05) is 12.1 Å². The third-order valence-corrected chi connectivity index (χ3v) is 3.87. The van der Waals surface area contributed by atoms with Crippen molar-refractivity contribution in [3.63, 3.8) is 0 Å². The van der Waals surface area contributed by atoms with Crippen LogP contribution in [0.1, 0.15) is 10.6 Å². The van der Waals surface area contributed by atoms with E-state index < -0.39 is 0 Å². The van der Waals surface area contributed by atoms with Crippen molar-refractivity contribution >= 4 is 23.2 Å². The second kappa shape index (κ2) is 7.32. The van der Waals surface area contributed by atoms with Crippen LogP contribution in [0.3, 0.4) is 0 Å². The predicted octanol–water partition coefficient (Wildman–Crippen LogP) is 4.87. The first-order valence-electron chi connectivity index (χ1n) is 7.50. The van der Waals surface area contributed by atoms with Crippen LogP contribution in [-0.4, -0.2) is 20.1 Å². The largest absolute Gasteiger partial charge is 0.497 e. The lowest BCUT2D eigenvalue weighted by Gasteiger charge is -2.10. The molecule has 128 valence electrons. The summed E-state index contributed by atoms with van der Waals surface area (Å²) in [6, 6.07) is 15.7. The van der Waals surface area contributed by atoms with Crippen LogP contribution in [0.5, 0.6) is 11.5 Å². The molecule has 0 aliphatic heterocycles. The van der Waals surface area contributed by atoms with Gasteiger partial charge >= 0.3 is 0 Å². The van der Waals surface area contributed by atoms with Gasteiger partial charge in [0.25, 0.3) is 5.91 Å². The van der Waals surface area contributed by atoms with Crippen molar-refractivity contribution in [3.05, 3.63) is 65.4 Å². The van der Waals surface area contributed by atoms with Gasteiger partial charge in [0.1, 0.15) is 17.3 Å².